The summed E-state index contributed by atoms with van der Waals surface area (Å²) in [6.45, 7) is 9.65. The molecule has 0 spiro atoms. The highest BCUT2D eigenvalue weighted by molar-refractivity contribution is 6.00. The fourth-order valence-electron chi connectivity index (χ4n) is 5.40. The van der Waals surface area contributed by atoms with E-state index in [1.54, 1.807) is 13.3 Å². The summed E-state index contributed by atoms with van der Waals surface area (Å²) in [5.41, 5.74) is 2.53. The van der Waals surface area contributed by atoms with E-state index < -0.39 is 0 Å². The van der Waals surface area contributed by atoms with Gasteiger partial charge < -0.3 is 14.6 Å². The molecule has 1 aromatic carbocycles. The third-order valence-electron chi connectivity index (χ3n) is 6.95. The Kier molecular flexibility index (Phi) is 5.31. The SMILES string of the molecule is COc1cccc2[nH]c(C(=O)N3CC(c4cccnc4)CC3(C(C)C)C(C)C)cc12. The predicted octanol–water partition coefficient (Wildman–Crippen LogP) is 5.25. The van der Waals surface area contributed by atoms with E-state index in [1.165, 1.54) is 5.56 Å². The van der Waals surface area contributed by atoms with Gasteiger partial charge in [-0.2, -0.15) is 0 Å². The smallest absolute Gasteiger partial charge is 0.270 e. The van der Waals surface area contributed by atoms with E-state index in [9.17, 15) is 4.79 Å². The van der Waals surface area contributed by atoms with Crippen LogP contribution >= 0.6 is 0 Å². The number of methoxy groups -OCH3 is 1. The monoisotopic (exact) mass is 405 g/mol. The molecule has 0 saturated carbocycles. The summed E-state index contributed by atoms with van der Waals surface area (Å²) in [4.78, 5) is 23.6. The van der Waals surface area contributed by atoms with Gasteiger partial charge in [-0.25, -0.2) is 0 Å². The van der Waals surface area contributed by atoms with E-state index in [2.05, 4.69) is 48.6 Å². The minimum absolute atomic E-state index is 0.0574. The van der Waals surface area contributed by atoms with Crippen molar-refractivity contribution in [1.82, 2.24) is 14.9 Å². The van der Waals surface area contributed by atoms with Crippen LogP contribution in [0.3, 0.4) is 0 Å². The highest BCUT2D eigenvalue weighted by Crippen LogP contribution is 2.48. The molecule has 30 heavy (non-hydrogen) atoms. The van der Waals surface area contributed by atoms with Crippen molar-refractivity contribution in [2.24, 2.45) is 11.8 Å². The summed E-state index contributed by atoms with van der Waals surface area (Å²) in [7, 11) is 1.66. The zero-order valence-corrected chi connectivity index (χ0v) is 18.5. The number of ether oxygens (including phenoxy) is 1. The summed E-state index contributed by atoms with van der Waals surface area (Å²) in [5.74, 6) is 1.79. The lowest BCUT2D eigenvalue weighted by atomic mass is 9.73. The highest BCUT2D eigenvalue weighted by atomic mass is 16.5. The number of rotatable bonds is 5. The van der Waals surface area contributed by atoms with Gasteiger partial charge in [-0.1, -0.05) is 39.8 Å². The van der Waals surface area contributed by atoms with Crippen LogP contribution in [0.5, 0.6) is 5.75 Å². The molecule has 0 aliphatic carbocycles. The van der Waals surface area contributed by atoms with Gasteiger partial charge in [0.2, 0.25) is 0 Å². The van der Waals surface area contributed by atoms with Crippen LogP contribution in [0.1, 0.15) is 56.1 Å². The predicted molar refractivity (Wildman–Crippen MR) is 120 cm³/mol. The van der Waals surface area contributed by atoms with Gasteiger partial charge in [0.15, 0.2) is 0 Å². The number of carbonyl (C=O) groups is 1. The summed E-state index contributed by atoms with van der Waals surface area (Å²) in [6, 6.07) is 11.9. The van der Waals surface area contributed by atoms with Crippen LogP contribution in [0.25, 0.3) is 10.9 Å². The molecule has 1 aliphatic heterocycles. The molecule has 2 aromatic heterocycles. The van der Waals surface area contributed by atoms with Crippen molar-refractivity contribution in [2.75, 3.05) is 13.7 Å². The van der Waals surface area contributed by atoms with Crippen molar-refractivity contribution >= 4 is 16.8 Å². The number of hydrogen-bond acceptors (Lipinski definition) is 3. The fraction of sp³-hybridized carbons (Fsp3) is 0.440. The Morgan fingerprint density at radius 3 is 2.60 bits per heavy atom. The number of fused-ring (bicyclic) bond motifs is 1. The van der Waals surface area contributed by atoms with E-state index in [0.717, 1.165) is 23.1 Å². The van der Waals surface area contributed by atoms with Crippen molar-refractivity contribution in [3.8, 4) is 5.75 Å². The number of aromatic amines is 1. The zero-order chi connectivity index (χ0) is 21.5. The Morgan fingerprint density at radius 1 is 1.20 bits per heavy atom. The lowest BCUT2D eigenvalue weighted by molar-refractivity contribution is 0.0291. The maximum atomic E-state index is 13.9. The quantitative estimate of drug-likeness (QED) is 0.630. The van der Waals surface area contributed by atoms with Crippen LogP contribution in [-0.4, -0.2) is 40.0 Å². The summed E-state index contributed by atoms with van der Waals surface area (Å²) in [5, 5.41) is 0.936. The number of pyridine rings is 1. The number of amides is 1. The van der Waals surface area contributed by atoms with E-state index in [1.807, 2.05) is 36.5 Å². The van der Waals surface area contributed by atoms with E-state index in [4.69, 9.17) is 4.74 Å². The van der Waals surface area contributed by atoms with Gasteiger partial charge in [0.1, 0.15) is 11.4 Å². The van der Waals surface area contributed by atoms with E-state index in [0.29, 0.717) is 24.1 Å². The maximum absolute atomic E-state index is 13.9. The van der Waals surface area contributed by atoms with Gasteiger partial charge in [0.25, 0.3) is 5.91 Å². The van der Waals surface area contributed by atoms with Crippen molar-refractivity contribution in [2.45, 2.75) is 45.6 Å². The van der Waals surface area contributed by atoms with Crippen LogP contribution in [0.4, 0.5) is 0 Å². The van der Waals surface area contributed by atoms with E-state index in [-0.39, 0.29) is 17.4 Å². The number of carbonyl (C=O) groups excluding carboxylic acids is 1. The Morgan fingerprint density at radius 2 is 1.97 bits per heavy atom. The molecule has 1 fully saturated rings. The molecule has 5 nitrogen and oxygen atoms in total. The van der Waals surface area contributed by atoms with Crippen LogP contribution in [0, 0.1) is 11.8 Å². The first-order chi connectivity index (χ1) is 14.4. The Balaban J connectivity index is 1.77. The molecule has 1 unspecified atom stereocenters. The number of likely N-dealkylation sites (tertiary alicyclic amines) is 1. The standard InChI is InChI=1S/C25H31N3O2/c1-16(2)25(17(3)4)13-19(18-8-7-11-26-14-18)15-28(25)24(29)22-12-20-21(27-22)9-6-10-23(20)30-5/h6-12,14,16-17,19,27H,13,15H2,1-5H3. The Bertz CT molecular complexity index is 1030. The number of benzene rings is 1. The van der Waals surface area contributed by atoms with Crippen LogP contribution < -0.4 is 4.74 Å². The highest BCUT2D eigenvalue weighted by Gasteiger charge is 2.52. The molecule has 1 atom stereocenters. The minimum atomic E-state index is -0.209. The second-order valence-electron chi connectivity index (χ2n) is 9.01. The third-order valence-corrected chi connectivity index (χ3v) is 6.95. The molecule has 158 valence electrons. The Labute approximate surface area is 178 Å². The first kappa shape index (κ1) is 20.5. The average Bonchev–Trinajstić information content (AvgIpc) is 3.36. The number of nitrogens with one attached hydrogen (secondary N) is 1. The summed E-state index contributed by atoms with van der Waals surface area (Å²) < 4.78 is 5.49. The average molecular weight is 406 g/mol. The molecule has 3 aromatic rings. The molecule has 4 rings (SSSR count). The lowest BCUT2D eigenvalue weighted by Gasteiger charge is -2.45. The first-order valence-corrected chi connectivity index (χ1v) is 10.8. The lowest BCUT2D eigenvalue weighted by Crippen LogP contribution is -2.54. The van der Waals surface area contributed by atoms with Gasteiger partial charge in [0, 0.05) is 41.3 Å². The summed E-state index contributed by atoms with van der Waals surface area (Å²) >= 11 is 0. The molecular weight excluding hydrogens is 374 g/mol. The largest absolute Gasteiger partial charge is 0.496 e. The zero-order valence-electron chi connectivity index (χ0n) is 18.5. The molecule has 3 heterocycles. The second-order valence-corrected chi connectivity index (χ2v) is 9.01. The van der Waals surface area contributed by atoms with Gasteiger partial charge in [-0.3, -0.25) is 9.78 Å². The van der Waals surface area contributed by atoms with Crippen molar-refractivity contribution in [3.05, 3.63) is 60.0 Å². The van der Waals surface area contributed by atoms with Gasteiger partial charge in [-0.05, 0) is 48.1 Å². The first-order valence-electron chi connectivity index (χ1n) is 10.8. The molecule has 1 saturated heterocycles. The number of hydrogen-bond donors (Lipinski definition) is 1. The molecule has 0 bridgehead atoms. The normalized spacial score (nSPS) is 18.5. The Hall–Kier alpha value is -2.82. The topological polar surface area (TPSA) is 58.2 Å². The van der Waals surface area contributed by atoms with Crippen LogP contribution in [0.2, 0.25) is 0 Å². The van der Waals surface area contributed by atoms with Crippen LogP contribution in [-0.2, 0) is 0 Å². The molecular formula is C25H31N3O2. The molecule has 1 aliphatic rings. The number of aromatic nitrogens is 2. The van der Waals surface area contributed by atoms with Crippen molar-refractivity contribution in [1.29, 1.82) is 0 Å². The fourth-order valence-corrected chi connectivity index (χ4v) is 5.40. The molecule has 1 N–H and O–H groups in total. The number of H-pyrrole nitrogens is 1. The van der Waals surface area contributed by atoms with Gasteiger partial charge in [-0.15, -0.1) is 0 Å². The molecule has 5 heteroatoms. The minimum Gasteiger partial charge on any atom is -0.496 e. The van der Waals surface area contributed by atoms with Crippen molar-refractivity contribution < 1.29 is 9.53 Å². The number of nitrogens with zero attached hydrogens (tertiary/aromatic N) is 2. The molecule has 1 amide bonds. The van der Waals surface area contributed by atoms with Crippen LogP contribution in [0.15, 0.2) is 48.8 Å². The van der Waals surface area contributed by atoms with Gasteiger partial charge >= 0.3 is 0 Å². The third kappa shape index (κ3) is 3.17. The summed E-state index contributed by atoms with van der Waals surface area (Å²) in [6.07, 6.45) is 4.69. The maximum Gasteiger partial charge on any atom is 0.270 e. The van der Waals surface area contributed by atoms with Gasteiger partial charge in [0.05, 0.1) is 7.11 Å². The van der Waals surface area contributed by atoms with E-state index >= 15 is 0 Å². The second kappa shape index (κ2) is 7.78. The van der Waals surface area contributed by atoms with Crippen molar-refractivity contribution in [3.63, 3.8) is 0 Å². The molecule has 0 radical (unpaired) electrons.